The molecular formula is C33H50ClN7O5. The molecule has 2 heterocycles. The van der Waals surface area contributed by atoms with Gasteiger partial charge >= 0.3 is 0 Å². The van der Waals surface area contributed by atoms with E-state index in [1.54, 1.807) is 11.9 Å². The van der Waals surface area contributed by atoms with Crippen molar-refractivity contribution in [3.63, 3.8) is 0 Å². The summed E-state index contributed by atoms with van der Waals surface area (Å²) >= 11 is 6.22. The molecule has 2 aromatic rings. The Labute approximate surface area is 277 Å². The lowest BCUT2D eigenvalue weighted by Crippen LogP contribution is -2.52. The van der Waals surface area contributed by atoms with Gasteiger partial charge in [0.05, 0.1) is 37.5 Å². The molecule has 0 spiro atoms. The summed E-state index contributed by atoms with van der Waals surface area (Å²) in [5.74, 6) is 0.607. The molecule has 1 fully saturated rings. The third-order valence-electron chi connectivity index (χ3n) is 8.90. The van der Waals surface area contributed by atoms with Crippen LogP contribution in [0.4, 0.5) is 5.82 Å². The Balaban J connectivity index is 1.39. The normalized spacial score (nSPS) is 18.7. The third kappa shape index (κ3) is 9.36. The first kappa shape index (κ1) is 36.0. The van der Waals surface area contributed by atoms with Crippen molar-refractivity contribution in [2.24, 2.45) is 5.73 Å². The summed E-state index contributed by atoms with van der Waals surface area (Å²) in [4.78, 5) is 43.9. The number of hydrogen-bond donors (Lipinski definition) is 2. The summed E-state index contributed by atoms with van der Waals surface area (Å²) in [5, 5.41) is 11.1. The molecule has 1 aliphatic carbocycles. The molecule has 0 unspecified atom stereocenters. The van der Waals surface area contributed by atoms with Crippen LogP contribution >= 0.6 is 11.6 Å². The fourth-order valence-electron chi connectivity index (χ4n) is 6.11. The monoisotopic (exact) mass is 659 g/mol. The maximum atomic E-state index is 14.2. The van der Waals surface area contributed by atoms with E-state index in [4.69, 9.17) is 26.8 Å². The highest BCUT2D eigenvalue weighted by Crippen LogP contribution is 2.42. The van der Waals surface area contributed by atoms with E-state index in [1.165, 1.54) is 6.33 Å². The molecule has 1 aromatic carbocycles. The van der Waals surface area contributed by atoms with Crippen molar-refractivity contribution in [2.75, 3.05) is 90.7 Å². The number of fused-ring (bicyclic) bond motifs is 1. The zero-order chi connectivity index (χ0) is 33.2. The van der Waals surface area contributed by atoms with Crippen LogP contribution < -0.4 is 10.6 Å². The van der Waals surface area contributed by atoms with Crippen LogP contribution in [0.2, 0.25) is 5.02 Å². The third-order valence-corrected chi connectivity index (χ3v) is 9.15. The van der Waals surface area contributed by atoms with Gasteiger partial charge in [0.15, 0.2) is 0 Å². The number of carbonyl (C=O) groups excluding carboxylic acids is 2. The number of benzene rings is 1. The Hall–Kier alpha value is -2.87. The average molecular weight is 660 g/mol. The first-order chi connectivity index (χ1) is 22.1. The highest BCUT2D eigenvalue weighted by atomic mass is 35.5. The Kier molecular flexibility index (Phi) is 13.6. The molecule has 0 saturated carbocycles. The van der Waals surface area contributed by atoms with E-state index in [0.717, 1.165) is 22.6 Å². The van der Waals surface area contributed by atoms with Crippen LogP contribution in [0, 0.1) is 0 Å². The van der Waals surface area contributed by atoms with E-state index < -0.39 is 12.0 Å². The Morgan fingerprint density at radius 2 is 1.76 bits per heavy atom. The summed E-state index contributed by atoms with van der Waals surface area (Å²) < 4.78 is 10.7. The number of hydrogen-bond acceptors (Lipinski definition) is 10. The fraction of sp³-hybridized carbons (Fsp3) is 0.636. The molecule has 12 nitrogen and oxygen atoms in total. The van der Waals surface area contributed by atoms with Crippen LogP contribution in [-0.4, -0.2) is 133 Å². The van der Waals surface area contributed by atoms with Crippen LogP contribution in [-0.2, 0) is 19.1 Å². The molecule has 3 N–H and O–H groups in total. The summed E-state index contributed by atoms with van der Waals surface area (Å²) in [6.45, 7) is 12.0. The van der Waals surface area contributed by atoms with Gasteiger partial charge < -0.3 is 35.0 Å². The van der Waals surface area contributed by atoms with Crippen LogP contribution in [0.1, 0.15) is 62.0 Å². The van der Waals surface area contributed by atoms with Crippen molar-refractivity contribution in [2.45, 2.75) is 51.2 Å². The van der Waals surface area contributed by atoms with Gasteiger partial charge in [-0.15, -0.1) is 0 Å². The number of aromatic nitrogens is 2. The van der Waals surface area contributed by atoms with Crippen molar-refractivity contribution in [1.29, 1.82) is 0 Å². The zero-order valence-corrected chi connectivity index (χ0v) is 28.4. The van der Waals surface area contributed by atoms with E-state index in [1.807, 2.05) is 29.2 Å². The smallest absolute Gasteiger partial charge is 0.248 e. The summed E-state index contributed by atoms with van der Waals surface area (Å²) in [6, 6.07) is 7.67. The van der Waals surface area contributed by atoms with Crippen LogP contribution in [0.5, 0.6) is 0 Å². The number of halogens is 1. The standard InChI is InChI=1S/C33H50ClN7O5/c1-23(2)41(11-10-38(4)29(43)21-46-18-17-45-16-9-35)20-27(25-5-7-26(34)8-6-25)33(44)40-14-12-39(13-15-40)32-30-24(3)19-28(42)31(30)36-22-37-32/h5-8,22-24,27-28,42H,9-21,35H2,1-4H3/t24-,27-,28-/m1/s1. The number of aliphatic hydroxyl groups excluding tert-OH is 1. The molecule has 3 atom stereocenters. The summed E-state index contributed by atoms with van der Waals surface area (Å²) in [7, 11) is 1.77. The molecule has 4 rings (SSSR count). The number of ether oxygens (including phenoxy) is 2. The second-order valence-corrected chi connectivity index (χ2v) is 12.9. The predicted molar refractivity (Wildman–Crippen MR) is 178 cm³/mol. The molecule has 1 aliphatic heterocycles. The number of piperazine rings is 1. The van der Waals surface area contributed by atoms with E-state index >= 15 is 0 Å². The summed E-state index contributed by atoms with van der Waals surface area (Å²) in [6.07, 6.45) is 1.62. The van der Waals surface area contributed by atoms with Gasteiger partial charge in [-0.1, -0.05) is 30.7 Å². The molecule has 254 valence electrons. The first-order valence-corrected chi connectivity index (χ1v) is 16.6. The lowest BCUT2D eigenvalue weighted by molar-refractivity contribution is -0.136. The number of nitrogens with zero attached hydrogens (tertiary/aromatic N) is 6. The maximum Gasteiger partial charge on any atom is 0.248 e. The molecule has 46 heavy (non-hydrogen) atoms. The van der Waals surface area contributed by atoms with E-state index in [0.29, 0.717) is 83.6 Å². The molecular weight excluding hydrogens is 610 g/mol. The molecule has 13 heteroatoms. The van der Waals surface area contributed by atoms with Crippen molar-refractivity contribution in [3.8, 4) is 0 Å². The van der Waals surface area contributed by atoms with Crippen molar-refractivity contribution in [1.82, 2.24) is 24.7 Å². The second-order valence-electron chi connectivity index (χ2n) is 12.4. The van der Waals surface area contributed by atoms with Crippen molar-refractivity contribution in [3.05, 3.63) is 52.4 Å². The van der Waals surface area contributed by atoms with E-state index in [9.17, 15) is 14.7 Å². The Morgan fingerprint density at radius 1 is 1.07 bits per heavy atom. The average Bonchev–Trinajstić information content (AvgIpc) is 3.35. The minimum absolute atomic E-state index is 0.0145. The summed E-state index contributed by atoms with van der Waals surface area (Å²) in [5.41, 5.74) is 8.07. The number of anilines is 1. The minimum atomic E-state index is -0.559. The number of aliphatic hydroxyl groups is 1. The molecule has 0 radical (unpaired) electrons. The number of amides is 2. The number of carbonyl (C=O) groups is 2. The fourth-order valence-corrected chi connectivity index (χ4v) is 6.23. The Morgan fingerprint density at radius 3 is 2.43 bits per heavy atom. The minimum Gasteiger partial charge on any atom is -0.387 e. The molecule has 0 bridgehead atoms. The number of rotatable bonds is 16. The topological polar surface area (TPSA) is 138 Å². The Bertz CT molecular complexity index is 1280. The molecule has 2 amide bonds. The van der Waals surface area contributed by atoms with Crippen LogP contribution in [0.15, 0.2) is 30.6 Å². The van der Waals surface area contributed by atoms with E-state index in [-0.39, 0.29) is 30.4 Å². The zero-order valence-electron chi connectivity index (χ0n) is 27.6. The van der Waals surface area contributed by atoms with Crippen LogP contribution in [0.3, 0.4) is 0 Å². The SMILES string of the molecule is CC(C)N(CCN(C)C(=O)COCCOCCN)C[C@@H](C(=O)N1CCN(c2ncnc3c2[C@H](C)C[C@H]3O)CC1)c1ccc(Cl)cc1. The second kappa shape index (κ2) is 17.3. The van der Waals surface area contributed by atoms with Crippen molar-refractivity contribution >= 4 is 29.2 Å². The van der Waals surface area contributed by atoms with Gasteiger partial charge in [0.2, 0.25) is 11.8 Å². The molecule has 2 aliphatic rings. The predicted octanol–water partition coefficient (Wildman–Crippen LogP) is 2.26. The largest absolute Gasteiger partial charge is 0.387 e. The molecule has 1 aromatic heterocycles. The van der Waals surface area contributed by atoms with E-state index in [2.05, 4.69) is 40.5 Å². The van der Waals surface area contributed by atoms with Gasteiger partial charge in [-0.25, -0.2) is 9.97 Å². The number of likely N-dealkylation sites (N-methyl/N-ethyl adjacent to an activating group) is 1. The lowest BCUT2D eigenvalue weighted by atomic mass is 9.95. The first-order valence-electron chi connectivity index (χ1n) is 16.3. The molecule has 1 saturated heterocycles. The van der Waals surface area contributed by atoms with Gasteiger partial charge in [-0.2, -0.15) is 0 Å². The number of nitrogens with two attached hydrogens (primary N) is 1. The van der Waals surface area contributed by atoms with Gasteiger partial charge in [-0.3, -0.25) is 14.5 Å². The van der Waals surface area contributed by atoms with Crippen LogP contribution in [0.25, 0.3) is 0 Å². The van der Waals surface area contributed by atoms with Gasteiger partial charge in [0.25, 0.3) is 0 Å². The quantitative estimate of drug-likeness (QED) is 0.258. The lowest BCUT2D eigenvalue weighted by Gasteiger charge is -2.39. The highest BCUT2D eigenvalue weighted by molar-refractivity contribution is 6.30. The van der Waals surface area contributed by atoms with Gasteiger partial charge in [-0.05, 0) is 43.9 Å². The highest BCUT2D eigenvalue weighted by Gasteiger charge is 2.35. The van der Waals surface area contributed by atoms with Crippen molar-refractivity contribution < 1.29 is 24.2 Å². The van der Waals surface area contributed by atoms with Gasteiger partial charge in [0.1, 0.15) is 18.8 Å². The maximum absolute atomic E-state index is 14.2. The van der Waals surface area contributed by atoms with Gasteiger partial charge in [0, 0.05) is 76.0 Å².